The molecular formula is C10H14N2O2. The minimum absolute atomic E-state index is 0.219. The molecule has 14 heavy (non-hydrogen) atoms. The van der Waals surface area contributed by atoms with Gasteiger partial charge in [-0.1, -0.05) is 20.4 Å². The van der Waals surface area contributed by atoms with Crippen LogP contribution in [0.2, 0.25) is 0 Å². The average Bonchev–Trinajstić information content (AvgIpc) is 2.16. The second-order valence-corrected chi connectivity index (χ2v) is 3.37. The Balaban J connectivity index is 2.98. The zero-order valence-electron chi connectivity index (χ0n) is 8.46. The molecule has 1 N–H and O–H groups in total. The maximum atomic E-state index is 10.9. The second-order valence-electron chi connectivity index (χ2n) is 3.37. The summed E-state index contributed by atoms with van der Waals surface area (Å²) in [6.07, 6.45) is -0.493. The summed E-state index contributed by atoms with van der Waals surface area (Å²) >= 11 is 0. The number of hydrogen-bond acceptors (Lipinski definition) is 3. The third kappa shape index (κ3) is 2.02. The minimum Gasteiger partial charge on any atom is -0.444 e. The molecule has 1 aliphatic heterocycles. The monoisotopic (exact) mass is 194 g/mol. The summed E-state index contributed by atoms with van der Waals surface area (Å²) in [4.78, 5) is 14.6. The molecule has 0 saturated heterocycles. The molecule has 0 aromatic carbocycles. The van der Waals surface area contributed by atoms with Gasteiger partial charge < -0.3 is 4.74 Å². The van der Waals surface area contributed by atoms with Crippen molar-refractivity contribution in [3.63, 3.8) is 0 Å². The van der Waals surface area contributed by atoms with Crippen molar-refractivity contribution in [2.75, 3.05) is 6.61 Å². The van der Waals surface area contributed by atoms with Crippen molar-refractivity contribution >= 4 is 12.8 Å². The van der Waals surface area contributed by atoms with Gasteiger partial charge in [-0.2, -0.15) is 0 Å². The maximum absolute atomic E-state index is 10.9. The number of amides is 1. The smallest absolute Gasteiger partial charge is 0.413 e. The number of rotatable bonds is 3. The summed E-state index contributed by atoms with van der Waals surface area (Å²) in [5.74, 6) is 0.750. The number of alkyl carbamates (subject to hydrolysis) is 1. The van der Waals surface area contributed by atoms with Crippen LogP contribution in [0.3, 0.4) is 0 Å². The highest BCUT2D eigenvalue weighted by molar-refractivity contribution is 5.72. The highest BCUT2D eigenvalue weighted by Crippen LogP contribution is 2.22. The largest absolute Gasteiger partial charge is 0.444 e. The van der Waals surface area contributed by atoms with Crippen molar-refractivity contribution in [3.8, 4) is 0 Å². The molecule has 4 heteroatoms. The maximum Gasteiger partial charge on any atom is 0.413 e. The lowest BCUT2D eigenvalue weighted by Crippen LogP contribution is -2.31. The number of ether oxygens (including phenoxy) is 1. The van der Waals surface area contributed by atoms with Crippen LogP contribution in [0.5, 0.6) is 0 Å². The summed E-state index contributed by atoms with van der Waals surface area (Å²) in [6.45, 7) is 11.6. The third-order valence-corrected chi connectivity index (χ3v) is 2.10. The van der Waals surface area contributed by atoms with Crippen molar-refractivity contribution in [2.45, 2.75) is 13.8 Å². The second kappa shape index (κ2) is 4.09. The van der Waals surface area contributed by atoms with Crippen LogP contribution in [0.15, 0.2) is 28.5 Å². The van der Waals surface area contributed by atoms with Crippen molar-refractivity contribution in [1.29, 1.82) is 0 Å². The highest BCUT2D eigenvalue weighted by atomic mass is 16.5. The van der Waals surface area contributed by atoms with Gasteiger partial charge in [0.15, 0.2) is 0 Å². The first-order valence-electron chi connectivity index (χ1n) is 4.39. The zero-order chi connectivity index (χ0) is 10.7. The molecule has 1 amide bonds. The first kappa shape index (κ1) is 10.5. The molecular weight excluding hydrogens is 180 g/mol. The van der Waals surface area contributed by atoms with E-state index in [1.807, 2.05) is 13.8 Å². The molecule has 0 unspecified atom stereocenters. The van der Waals surface area contributed by atoms with Crippen LogP contribution in [-0.2, 0) is 4.74 Å². The van der Waals surface area contributed by atoms with Crippen LogP contribution >= 0.6 is 0 Å². The Bertz CT molecular complexity index is 316. The van der Waals surface area contributed by atoms with Crippen molar-refractivity contribution < 1.29 is 9.53 Å². The summed E-state index contributed by atoms with van der Waals surface area (Å²) in [7, 11) is 0. The predicted molar refractivity (Wildman–Crippen MR) is 55.0 cm³/mol. The number of cyclic esters (lactones) is 1. The topological polar surface area (TPSA) is 50.7 Å². The fraction of sp³-hybridized carbons (Fsp3) is 0.400. The number of aliphatic imine (C=N–C) groups is 1. The van der Waals surface area contributed by atoms with Crippen molar-refractivity contribution in [2.24, 2.45) is 10.9 Å². The van der Waals surface area contributed by atoms with E-state index in [0.29, 0.717) is 11.7 Å². The third-order valence-electron chi connectivity index (χ3n) is 2.10. The van der Waals surface area contributed by atoms with E-state index in [1.54, 1.807) is 0 Å². The molecule has 0 aliphatic carbocycles. The summed E-state index contributed by atoms with van der Waals surface area (Å²) in [5.41, 5.74) is 1.72. The fourth-order valence-electron chi connectivity index (χ4n) is 1.14. The van der Waals surface area contributed by atoms with Gasteiger partial charge in [-0.3, -0.25) is 5.32 Å². The quantitative estimate of drug-likeness (QED) is 0.697. The Kier molecular flexibility index (Phi) is 3.06. The first-order chi connectivity index (χ1) is 6.56. The first-order valence-corrected chi connectivity index (χ1v) is 4.39. The van der Waals surface area contributed by atoms with Gasteiger partial charge in [-0.05, 0) is 18.2 Å². The minimum atomic E-state index is -0.493. The Morgan fingerprint density at radius 1 is 1.64 bits per heavy atom. The highest BCUT2D eigenvalue weighted by Gasteiger charge is 2.21. The average molecular weight is 194 g/mol. The normalized spacial score (nSPS) is 16.4. The van der Waals surface area contributed by atoms with E-state index in [2.05, 4.69) is 23.6 Å². The lowest BCUT2D eigenvalue weighted by Gasteiger charge is -2.21. The van der Waals surface area contributed by atoms with Gasteiger partial charge in [-0.25, -0.2) is 9.79 Å². The van der Waals surface area contributed by atoms with Gasteiger partial charge >= 0.3 is 6.09 Å². The Labute approximate surface area is 83.4 Å². The molecule has 0 spiro atoms. The molecule has 0 fully saturated rings. The molecule has 0 aromatic heterocycles. The van der Waals surface area contributed by atoms with Gasteiger partial charge in [0.1, 0.15) is 12.4 Å². The standard InChI is InChI=1S/C10H14N2O2/c1-6(2)7(3)8-5-14-10(13)12-9(8)11-4/h6H,3-5H2,1-2H3,(H,12,13). The molecule has 1 aliphatic rings. The fourth-order valence-corrected chi connectivity index (χ4v) is 1.14. The zero-order valence-corrected chi connectivity index (χ0v) is 8.46. The van der Waals surface area contributed by atoms with E-state index in [4.69, 9.17) is 4.74 Å². The molecule has 0 radical (unpaired) electrons. The predicted octanol–water partition coefficient (Wildman–Crippen LogP) is 1.85. The van der Waals surface area contributed by atoms with Crippen LogP contribution in [0, 0.1) is 5.92 Å². The van der Waals surface area contributed by atoms with Gasteiger partial charge in [0.25, 0.3) is 0 Å². The lowest BCUT2D eigenvalue weighted by atomic mass is 9.97. The Hall–Kier alpha value is -1.58. The van der Waals surface area contributed by atoms with Crippen LogP contribution in [0.1, 0.15) is 13.8 Å². The van der Waals surface area contributed by atoms with E-state index in [9.17, 15) is 4.79 Å². The van der Waals surface area contributed by atoms with Crippen LogP contribution in [0.25, 0.3) is 0 Å². The van der Waals surface area contributed by atoms with Gasteiger partial charge in [0.05, 0.1) is 0 Å². The van der Waals surface area contributed by atoms with E-state index in [0.717, 1.165) is 11.1 Å². The van der Waals surface area contributed by atoms with Crippen LogP contribution in [-0.4, -0.2) is 19.4 Å². The molecule has 0 saturated carbocycles. The van der Waals surface area contributed by atoms with Crippen LogP contribution < -0.4 is 5.32 Å². The van der Waals surface area contributed by atoms with Crippen LogP contribution in [0.4, 0.5) is 4.79 Å². The SMILES string of the molecule is C=NC1=C(C(=C)C(C)C)COC(=O)N1. The van der Waals surface area contributed by atoms with E-state index < -0.39 is 6.09 Å². The van der Waals surface area contributed by atoms with Gasteiger partial charge in [0.2, 0.25) is 0 Å². The molecule has 0 atom stereocenters. The van der Waals surface area contributed by atoms with Crippen molar-refractivity contribution in [1.82, 2.24) is 5.32 Å². The molecule has 4 nitrogen and oxygen atoms in total. The molecule has 1 rings (SSSR count). The number of carbonyl (C=O) groups is 1. The van der Waals surface area contributed by atoms with Gasteiger partial charge in [-0.15, -0.1) is 0 Å². The van der Waals surface area contributed by atoms with Crippen molar-refractivity contribution in [3.05, 3.63) is 23.5 Å². The van der Waals surface area contributed by atoms with E-state index >= 15 is 0 Å². The summed E-state index contributed by atoms with van der Waals surface area (Å²) in [5, 5.41) is 2.48. The number of hydrogen-bond donors (Lipinski definition) is 1. The molecule has 0 bridgehead atoms. The summed E-state index contributed by atoms with van der Waals surface area (Å²) < 4.78 is 4.84. The molecule has 1 heterocycles. The molecule has 0 aromatic rings. The Morgan fingerprint density at radius 2 is 2.29 bits per heavy atom. The number of carbonyl (C=O) groups excluding carboxylic acids is 1. The number of nitrogens with one attached hydrogen (secondary N) is 1. The van der Waals surface area contributed by atoms with E-state index in [1.165, 1.54) is 0 Å². The lowest BCUT2D eigenvalue weighted by molar-refractivity contribution is 0.152. The van der Waals surface area contributed by atoms with E-state index in [-0.39, 0.29) is 6.61 Å². The summed E-state index contributed by atoms with van der Waals surface area (Å²) in [6, 6.07) is 0. The number of nitrogens with zero attached hydrogens (tertiary/aromatic N) is 1. The Morgan fingerprint density at radius 3 is 2.79 bits per heavy atom. The molecule has 76 valence electrons. The van der Waals surface area contributed by atoms with Gasteiger partial charge in [0, 0.05) is 5.57 Å².